The number of pyridine rings is 1. The van der Waals surface area contributed by atoms with Gasteiger partial charge in [-0.3, -0.25) is 0 Å². The first-order chi connectivity index (χ1) is 10.1. The van der Waals surface area contributed by atoms with Crippen molar-refractivity contribution < 1.29 is 14.6 Å². The molecule has 0 aromatic carbocycles. The summed E-state index contributed by atoms with van der Waals surface area (Å²) in [5, 5.41) is 13.7. The summed E-state index contributed by atoms with van der Waals surface area (Å²) in [6.07, 6.45) is 7.73. The minimum absolute atomic E-state index is 0.353. The van der Waals surface area contributed by atoms with Gasteiger partial charge in [0.2, 0.25) is 0 Å². The van der Waals surface area contributed by atoms with Crippen LogP contribution >= 0.6 is 0 Å². The van der Waals surface area contributed by atoms with E-state index in [-0.39, 0.29) is 5.97 Å². The van der Waals surface area contributed by atoms with Crippen molar-refractivity contribution in [1.29, 1.82) is 0 Å². The quantitative estimate of drug-likeness (QED) is 0.645. The van der Waals surface area contributed by atoms with Crippen LogP contribution in [-0.2, 0) is 4.74 Å². The van der Waals surface area contributed by atoms with Gasteiger partial charge in [0, 0.05) is 12.7 Å². The predicted molar refractivity (Wildman–Crippen MR) is 81.3 cm³/mol. The molecule has 0 radical (unpaired) electrons. The van der Waals surface area contributed by atoms with E-state index >= 15 is 0 Å². The summed E-state index contributed by atoms with van der Waals surface area (Å²) >= 11 is 0. The normalized spacial score (nSPS) is 17.8. The van der Waals surface area contributed by atoms with Crippen molar-refractivity contribution in [3.05, 3.63) is 23.9 Å². The Bertz CT molecular complexity index is 451. The molecule has 0 bridgehead atoms. The third kappa shape index (κ3) is 4.70. The first-order valence-corrected chi connectivity index (χ1v) is 7.72. The minimum Gasteiger partial charge on any atom is -0.462 e. The molecule has 1 aromatic heterocycles. The fourth-order valence-corrected chi connectivity index (χ4v) is 2.65. The Morgan fingerprint density at radius 2 is 2.05 bits per heavy atom. The first-order valence-electron chi connectivity index (χ1n) is 7.72. The van der Waals surface area contributed by atoms with Gasteiger partial charge in [-0.2, -0.15) is 0 Å². The van der Waals surface area contributed by atoms with Crippen LogP contribution in [0.4, 0.5) is 5.82 Å². The van der Waals surface area contributed by atoms with Crippen molar-refractivity contribution in [2.45, 2.75) is 51.0 Å². The van der Waals surface area contributed by atoms with Crippen LogP contribution in [0.1, 0.15) is 55.8 Å². The lowest BCUT2D eigenvalue weighted by atomic mass is 9.94. The molecule has 0 atom stereocenters. The van der Waals surface area contributed by atoms with E-state index < -0.39 is 5.60 Å². The minimum atomic E-state index is -0.641. The molecule has 1 aromatic rings. The van der Waals surface area contributed by atoms with E-state index in [1.54, 1.807) is 19.1 Å². The Kier molecular flexibility index (Phi) is 5.56. The van der Waals surface area contributed by atoms with E-state index in [0.29, 0.717) is 24.5 Å². The third-order valence-electron chi connectivity index (χ3n) is 3.91. The lowest BCUT2D eigenvalue weighted by molar-refractivity contribution is 0.0380. The number of hydrogen-bond donors (Lipinski definition) is 2. The van der Waals surface area contributed by atoms with Crippen LogP contribution in [0, 0.1) is 0 Å². The predicted octanol–water partition coefficient (Wildman–Crippen LogP) is 2.76. The highest BCUT2D eigenvalue weighted by Gasteiger charge is 2.27. The summed E-state index contributed by atoms with van der Waals surface area (Å²) in [7, 11) is 0. The van der Waals surface area contributed by atoms with Gasteiger partial charge in [0.05, 0.1) is 17.8 Å². The van der Waals surface area contributed by atoms with Crippen LogP contribution in [0.5, 0.6) is 0 Å². The highest BCUT2D eigenvalue weighted by atomic mass is 16.5. The number of ether oxygens (including phenoxy) is 1. The molecular weight excluding hydrogens is 268 g/mol. The molecule has 0 aliphatic heterocycles. The van der Waals surface area contributed by atoms with E-state index in [0.717, 1.165) is 25.7 Å². The van der Waals surface area contributed by atoms with Gasteiger partial charge in [0.25, 0.3) is 0 Å². The molecule has 0 saturated heterocycles. The molecule has 5 nitrogen and oxygen atoms in total. The maximum Gasteiger partial charge on any atom is 0.339 e. The molecule has 0 unspecified atom stereocenters. The maximum atomic E-state index is 11.5. The second-order valence-electron chi connectivity index (χ2n) is 5.64. The lowest BCUT2D eigenvalue weighted by Crippen LogP contribution is -2.36. The number of aliphatic hydroxyl groups is 1. The largest absolute Gasteiger partial charge is 0.462 e. The van der Waals surface area contributed by atoms with Crippen LogP contribution in [0.15, 0.2) is 18.3 Å². The fraction of sp³-hybridized carbons (Fsp3) is 0.625. The Labute approximate surface area is 125 Å². The monoisotopic (exact) mass is 292 g/mol. The van der Waals surface area contributed by atoms with Crippen molar-refractivity contribution in [1.82, 2.24) is 4.98 Å². The molecule has 2 rings (SSSR count). The number of rotatable bonds is 5. The zero-order valence-corrected chi connectivity index (χ0v) is 12.6. The van der Waals surface area contributed by atoms with Crippen molar-refractivity contribution in [3.8, 4) is 0 Å². The molecule has 21 heavy (non-hydrogen) atoms. The molecule has 1 heterocycles. The second-order valence-corrected chi connectivity index (χ2v) is 5.64. The van der Waals surface area contributed by atoms with Crippen LogP contribution in [0.25, 0.3) is 0 Å². The number of hydrogen-bond acceptors (Lipinski definition) is 5. The van der Waals surface area contributed by atoms with Crippen molar-refractivity contribution >= 4 is 11.8 Å². The Morgan fingerprint density at radius 3 is 2.62 bits per heavy atom. The summed E-state index contributed by atoms with van der Waals surface area (Å²) in [5.41, 5.74) is -0.201. The van der Waals surface area contributed by atoms with Crippen LogP contribution < -0.4 is 5.32 Å². The average Bonchev–Trinajstić information content (AvgIpc) is 2.71. The zero-order chi connectivity index (χ0) is 15.1. The molecule has 116 valence electrons. The smallest absolute Gasteiger partial charge is 0.339 e. The Balaban J connectivity index is 1.89. The van der Waals surface area contributed by atoms with Crippen molar-refractivity contribution in [3.63, 3.8) is 0 Å². The van der Waals surface area contributed by atoms with Gasteiger partial charge in [0.1, 0.15) is 5.82 Å². The first kappa shape index (κ1) is 15.8. The molecule has 1 saturated carbocycles. The lowest BCUT2D eigenvalue weighted by Gasteiger charge is -2.27. The van der Waals surface area contributed by atoms with E-state index in [1.807, 2.05) is 0 Å². The third-order valence-corrected chi connectivity index (χ3v) is 3.91. The summed E-state index contributed by atoms with van der Waals surface area (Å²) in [5.74, 6) is 0.305. The molecule has 1 aliphatic rings. The van der Waals surface area contributed by atoms with Gasteiger partial charge in [-0.05, 0) is 31.9 Å². The zero-order valence-electron chi connectivity index (χ0n) is 12.6. The number of carbonyl (C=O) groups is 1. The average molecular weight is 292 g/mol. The van der Waals surface area contributed by atoms with Crippen LogP contribution in [0.2, 0.25) is 0 Å². The molecule has 0 spiro atoms. The van der Waals surface area contributed by atoms with Crippen LogP contribution in [0.3, 0.4) is 0 Å². The topological polar surface area (TPSA) is 71.5 Å². The van der Waals surface area contributed by atoms with Gasteiger partial charge in [-0.15, -0.1) is 0 Å². The number of esters is 1. The highest BCUT2D eigenvalue weighted by molar-refractivity contribution is 5.89. The van der Waals surface area contributed by atoms with Crippen LogP contribution in [-0.4, -0.2) is 34.8 Å². The van der Waals surface area contributed by atoms with E-state index in [1.165, 1.54) is 19.0 Å². The summed E-state index contributed by atoms with van der Waals surface area (Å²) in [6, 6.07) is 3.43. The van der Waals surface area contributed by atoms with E-state index in [4.69, 9.17) is 4.74 Å². The SMILES string of the molecule is CCOC(=O)c1ccc(NCC2(O)CCCCCC2)nc1. The second kappa shape index (κ2) is 7.41. The molecule has 0 amide bonds. The maximum absolute atomic E-state index is 11.5. The summed E-state index contributed by atoms with van der Waals surface area (Å²) in [4.78, 5) is 15.7. The van der Waals surface area contributed by atoms with Gasteiger partial charge in [-0.1, -0.05) is 25.7 Å². The van der Waals surface area contributed by atoms with Gasteiger partial charge < -0.3 is 15.2 Å². The summed E-state index contributed by atoms with van der Waals surface area (Å²) < 4.78 is 4.91. The van der Waals surface area contributed by atoms with E-state index in [9.17, 15) is 9.90 Å². The Morgan fingerprint density at radius 1 is 1.33 bits per heavy atom. The highest BCUT2D eigenvalue weighted by Crippen LogP contribution is 2.27. The molecule has 1 fully saturated rings. The van der Waals surface area contributed by atoms with Crippen molar-refractivity contribution in [2.75, 3.05) is 18.5 Å². The van der Waals surface area contributed by atoms with Crippen molar-refractivity contribution in [2.24, 2.45) is 0 Å². The molecular formula is C16H24N2O3. The number of nitrogens with one attached hydrogen (secondary N) is 1. The molecule has 5 heteroatoms. The van der Waals surface area contributed by atoms with E-state index in [2.05, 4.69) is 10.3 Å². The Hall–Kier alpha value is -1.62. The number of anilines is 1. The number of carbonyl (C=O) groups excluding carboxylic acids is 1. The number of nitrogens with zero attached hydrogens (tertiary/aromatic N) is 1. The standard InChI is InChI=1S/C16H24N2O3/c1-2-21-15(19)13-7-8-14(17-11-13)18-12-16(20)9-5-3-4-6-10-16/h7-8,11,20H,2-6,9-10,12H2,1H3,(H,17,18). The fourth-order valence-electron chi connectivity index (χ4n) is 2.65. The molecule has 2 N–H and O–H groups in total. The van der Waals surface area contributed by atoms with Gasteiger partial charge >= 0.3 is 5.97 Å². The summed E-state index contributed by atoms with van der Waals surface area (Å²) in [6.45, 7) is 2.62. The van der Waals surface area contributed by atoms with Gasteiger partial charge in [-0.25, -0.2) is 9.78 Å². The van der Waals surface area contributed by atoms with Gasteiger partial charge in [0.15, 0.2) is 0 Å². The molecule has 1 aliphatic carbocycles. The number of aromatic nitrogens is 1.